The highest BCUT2D eigenvalue weighted by atomic mass is 127. The Balaban J connectivity index is 0.00000200. The van der Waals surface area contributed by atoms with Crippen molar-refractivity contribution in [3.63, 3.8) is 0 Å². The molecule has 20 heavy (non-hydrogen) atoms. The number of aromatic nitrogens is 1. The van der Waals surface area contributed by atoms with Crippen LogP contribution in [0, 0.1) is 0 Å². The average molecular weight is 431 g/mol. The van der Waals surface area contributed by atoms with Gasteiger partial charge in [0.25, 0.3) is 0 Å². The van der Waals surface area contributed by atoms with Crippen molar-refractivity contribution < 1.29 is 4.74 Å². The number of aliphatic imine (C=N–C) groups is 1. The molecule has 0 unspecified atom stereocenters. The van der Waals surface area contributed by atoms with Crippen LogP contribution in [-0.2, 0) is 0 Å². The minimum absolute atomic E-state index is 0. The van der Waals surface area contributed by atoms with Gasteiger partial charge in [-0.05, 0) is 18.9 Å². The van der Waals surface area contributed by atoms with Gasteiger partial charge in [0.15, 0.2) is 5.96 Å². The van der Waals surface area contributed by atoms with Gasteiger partial charge in [-0.25, -0.2) is 9.98 Å². The highest BCUT2D eigenvalue weighted by molar-refractivity contribution is 14.0. The number of rotatable bonds is 5. The summed E-state index contributed by atoms with van der Waals surface area (Å²) in [4.78, 5) is 10.2. The first-order valence-electron chi connectivity index (χ1n) is 6.04. The van der Waals surface area contributed by atoms with Crippen molar-refractivity contribution >= 4 is 53.1 Å². The van der Waals surface area contributed by atoms with Gasteiger partial charge in [-0.1, -0.05) is 23.2 Å². The zero-order valence-corrected chi connectivity index (χ0v) is 14.9. The second kappa shape index (κ2) is 8.09. The lowest BCUT2D eigenvalue weighted by molar-refractivity contribution is 0.315. The van der Waals surface area contributed by atoms with Gasteiger partial charge in [0.1, 0.15) is 11.6 Å². The largest absolute Gasteiger partial charge is 0.475 e. The van der Waals surface area contributed by atoms with Crippen LogP contribution in [0.5, 0.6) is 5.88 Å². The van der Waals surface area contributed by atoms with Crippen LogP contribution in [0.4, 0.5) is 0 Å². The van der Waals surface area contributed by atoms with Crippen LogP contribution in [0.15, 0.2) is 17.3 Å². The standard InChI is InChI=1S/C12H16Cl2N4O.HI/c1-18(9-2-3-9)12(15)16-4-5-19-11-10(14)6-8(13)7-17-11;/h6-7,9H,2-5H2,1H3,(H2,15,16);1H. The third-order valence-electron chi connectivity index (χ3n) is 2.83. The third kappa shape index (κ3) is 5.14. The van der Waals surface area contributed by atoms with Gasteiger partial charge in [-0.2, -0.15) is 0 Å². The summed E-state index contributed by atoms with van der Waals surface area (Å²) in [5.41, 5.74) is 5.85. The molecule has 0 radical (unpaired) electrons. The zero-order chi connectivity index (χ0) is 13.8. The molecule has 1 aromatic heterocycles. The number of halogens is 3. The summed E-state index contributed by atoms with van der Waals surface area (Å²) >= 11 is 11.7. The van der Waals surface area contributed by atoms with Crippen LogP contribution in [0.1, 0.15) is 12.8 Å². The van der Waals surface area contributed by atoms with Crippen LogP contribution in [0.3, 0.4) is 0 Å². The Morgan fingerprint density at radius 2 is 2.25 bits per heavy atom. The van der Waals surface area contributed by atoms with E-state index in [1.807, 2.05) is 11.9 Å². The Hall–Kier alpha value is -0.470. The van der Waals surface area contributed by atoms with Gasteiger partial charge >= 0.3 is 0 Å². The van der Waals surface area contributed by atoms with Crippen LogP contribution in [0.2, 0.25) is 10.0 Å². The lowest BCUT2D eigenvalue weighted by Gasteiger charge is -2.16. The summed E-state index contributed by atoms with van der Waals surface area (Å²) in [6, 6.07) is 2.14. The van der Waals surface area contributed by atoms with Crippen molar-refractivity contribution in [3.05, 3.63) is 22.3 Å². The molecule has 1 aromatic rings. The molecule has 1 aliphatic carbocycles. The van der Waals surface area contributed by atoms with E-state index in [2.05, 4.69) is 9.98 Å². The first-order chi connectivity index (χ1) is 9.08. The molecule has 0 atom stereocenters. The number of guanidine groups is 1. The summed E-state index contributed by atoms with van der Waals surface area (Å²) in [5, 5.41) is 0.866. The second-order valence-electron chi connectivity index (χ2n) is 4.37. The van der Waals surface area contributed by atoms with E-state index in [1.165, 1.54) is 19.0 Å². The maximum Gasteiger partial charge on any atom is 0.232 e. The highest BCUT2D eigenvalue weighted by Crippen LogP contribution is 2.25. The summed E-state index contributed by atoms with van der Waals surface area (Å²) in [6.07, 6.45) is 3.86. The summed E-state index contributed by atoms with van der Waals surface area (Å²) in [7, 11) is 1.95. The van der Waals surface area contributed by atoms with E-state index in [0.717, 1.165) is 0 Å². The minimum atomic E-state index is 0. The SMILES string of the molecule is CN(C(N)=NCCOc1ncc(Cl)cc1Cl)C1CC1.I. The Labute approximate surface area is 145 Å². The number of ether oxygens (including phenoxy) is 1. The molecule has 0 bridgehead atoms. The Bertz CT molecular complexity index is 483. The van der Waals surface area contributed by atoms with E-state index < -0.39 is 0 Å². The molecule has 5 nitrogen and oxygen atoms in total. The fourth-order valence-electron chi connectivity index (χ4n) is 1.57. The van der Waals surface area contributed by atoms with Crippen LogP contribution in [-0.4, -0.2) is 42.1 Å². The first-order valence-corrected chi connectivity index (χ1v) is 6.80. The van der Waals surface area contributed by atoms with Gasteiger partial charge in [-0.3, -0.25) is 0 Å². The molecule has 1 fully saturated rings. The summed E-state index contributed by atoms with van der Waals surface area (Å²) < 4.78 is 5.42. The van der Waals surface area contributed by atoms with E-state index in [4.69, 9.17) is 33.7 Å². The van der Waals surface area contributed by atoms with Crippen molar-refractivity contribution in [2.24, 2.45) is 10.7 Å². The molecule has 0 aromatic carbocycles. The van der Waals surface area contributed by atoms with Crippen molar-refractivity contribution in [1.82, 2.24) is 9.88 Å². The Kier molecular flexibility index (Phi) is 7.11. The molecule has 1 heterocycles. The zero-order valence-electron chi connectivity index (χ0n) is 11.1. The van der Waals surface area contributed by atoms with Gasteiger partial charge in [0.2, 0.25) is 5.88 Å². The maximum absolute atomic E-state index is 5.93. The number of nitrogens with two attached hydrogens (primary N) is 1. The lowest BCUT2D eigenvalue weighted by atomic mass is 10.5. The van der Waals surface area contributed by atoms with Crippen molar-refractivity contribution in [2.45, 2.75) is 18.9 Å². The predicted octanol–water partition coefficient (Wildman–Crippen LogP) is 2.79. The van der Waals surface area contributed by atoms with Crippen LogP contribution >= 0.6 is 47.2 Å². The molecule has 8 heteroatoms. The maximum atomic E-state index is 5.93. The third-order valence-corrected chi connectivity index (χ3v) is 3.31. The average Bonchev–Trinajstić information content (AvgIpc) is 3.19. The van der Waals surface area contributed by atoms with Gasteiger partial charge in [0.05, 0.1) is 11.6 Å². The van der Waals surface area contributed by atoms with Crippen molar-refractivity contribution in [2.75, 3.05) is 20.2 Å². The van der Waals surface area contributed by atoms with Gasteiger partial charge in [-0.15, -0.1) is 24.0 Å². The van der Waals surface area contributed by atoms with Gasteiger partial charge in [0, 0.05) is 19.3 Å². The van der Waals surface area contributed by atoms with E-state index in [1.54, 1.807) is 6.07 Å². The molecule has 0 amide bonds. The number of nitrogens with zero attached hydrogens (tertiary/aromatic N) is 3. The van der Waals surface area contributed by atoms with Crippen LogP contribution in [0.25, 0.3) is 0 Å². The molecule has 0 aliphatic heterocycles. The van der Waals surface area contributed by atoms with E-state index in [-0.39, 0.29) is 24.0 Å². The smallest absolute Gasteiger partial charge is 0.232 e. The second-order valence-corrected chi connectivity index (χ2v) is 5.21. The topological polar surface area (TPSA) is 63.7 Å². The predicted molar refractivity (Wildman–Crippen MR) is 92.4 cm³/mol. The molecule has 2 N–H and O–H groups in total. The Morgan fingerprint density at radius 1 is 1.55 bits per heavy atom. The molecule has 0 saturated heterocycles. The quantitative estimate of drug-likeness (QED) is 0.337. The van der Waals surface area contributed by atoms with E-state index >= 15 is 0 Å². The Morgan fingerprint density at radius 3 is 2.85 bits per heavy atom. The molecular weight excluding hydrogens is 414 g/mol. The molecule has 1 aliphatic rings. The minimum Gasteiger partial charge on any atom is -0.475 e. The number of pyridine rings is 1. The molecule has 1 saturated carbocycles. The number of hydrogen-bond acceptors (Lipinski definition) is 3. The fraction of sp³-hybridized carbons (Fsp3) is 0.500. The molecule has 112 valence electrons. The fourth-order valence-corrected chi connectivity index (χ4v) is 2.01. The van der Waals surface area contributed by atoms with Crippen molar-refractivity contribution in [3.8, 4) is 5.88 Å². The van der Waals surface area contributed by atoms with E-state index in [9.17, 15) is 0 Å². The first kappa shape index (κ1) is 17.6. The normalized spacial score (nSPS) is 14.7. The van der Waals surface area contributed by atoms with Crippen molar-refractivity contribution in [1.29, 1.82) is 0 Å². The van der Waals surface area contributed by atoms with Gasteiger partial charge < -0.3 is 15.4 Å². The lowest BCUT2D eigenvalue weighted by Crippen LogP contribution is -2.36. The number of hydrogen-bond donors (Lipinski definition) is 1. The summed E-state index contributed by atoms with van der Waals surface area (Å²) in [5.74, 6) is 0.900. The highest BCUT2D eigenvalue weighted by Gasteiger charge is 2.27. The monoisotopic (exact) mass is 430 g/mol. The molecular formula is C12H17Cl2IN4O. The van der Waals surface area contributed by atoms with E-state index in [0.29, 0.717) is 41.1 Å². The molecule has 2 rings (SSSR count). The van der Waals surface area contributed by atoms with Crippen LogP contribution < -0.4 is 10.5 Å². The summed E-state index contributed by atoms with van der Waals surface area (Å²) in [6.45, 7) is 0.830. The molecule has 0 spiro atoms.